The van der Waals surface area contributed by atoms with Crippen LogP contribution in [0, 0.1) is 26.3 Å². The van der Waals surface area contributed by atoms with Gasteiger partial charge >= 0.3 is 0 Å². The molecule has 0 N–H and O–H groups in total. The Labute approximate surface area is 205 Å². The van der Waals surface area contributed by atoms with Gasteiger partial charge < -0.3 is 0 Å². The molecule has 0 radical (unpaired) electrons. The Morgan fingerprint density at radius 2 is 1.37 bits per heavy atom. The molecular weight excluding hydrogens is 654 g/mol. The lowest BCUT2D eigenvalue weighted by Crippen LogP contribution is -2.16. The van der Waals surface area contributed by atoms with Crippen LogP contribution in [-0.2, 0) is 0 Å². The summed E-state index contributed by atoms with van der Waals surface area (Å²) in [5.41, 5.74) is 6.08. The summed E-state index contributed by atoms with van der Waals surface area (Å²) in [6.45, 7) is 13.2. The molecule has 0 atom stereocenters. The van der Waals surface area contributed by atoms with Crippen molar-refractivity contribution in [3.63, 3.8) is 0 Å². The monoisotopic (exact) mass is 680 g/mol. The molecule has 0 aliphatic heterocycles. The van der Waals surface area contributed by atoms with Gasteiger partial charge in [0.1, 0.15) is 16.1 Å². The van der Waals surface area contributed by atoms with E-state index in [0.29, 0.717) is 0 Å². The highest BCUT2D eigenvalue weighted by Crippen LogP contribution is 2.23. The second-order valence-corrected chi connectivity index (χ2v) is 21.9. The molecule has 0 saturated heterocycles. The summed E-state index contributed by atoms with van der Waals surface area (Å²) in [5.74, 6) is 3.22. The van der Waals surface area contributed by atoms with Crippen LogP contribution in [0.3, 0.4) is 0 Å². The van der Waals surface area contributed by atoms with Crippen LogP contribution in [-0.4, -0.2) is 16.1 Å². The molecule has 0 saturated carbocycles. The molecule has 0 bridgehead atoms. The first kappa shape index (κ1) is 32.2. The zero-order valence-corrected chi connectivity index (χ0v) is 24.7. The summed E-state index contributed by atoms with van der Waals surface area (Å²) >= 11 is 12.6. The summed E-state index contributed by atoms with van der Waals surface area (Å²) in [4.78, 5) is 1.15. The second kappa shape index (κ2) is 15.4. The molecule has 8 heteroatoms. The van der Waals surface area contributed by atoms with Gasteiger partial charge in [-0.1, -0.05) is 52.6 Å². The Bertz CT molecular complexity index is 741. The SMILES string of the molecule is Brc1ccsc1I.C.C#C[Si](C)(C)C.C[Si](C)(C)C#Cc1sccc1Br.F. The zero-order valence-electron chi connectivity index (χ0n) is 15.7. The number of rotatable bonds is 0. The predicted octanol–water partition coefficient (Wildman–Crippen LogP) is 9.14. The van der Waals surface area contributed by atoms with E-state index in [1.54, 1.807) is 22.7 Å². The first-order valence-corrected chi connectivity index (χ1v) is 18.9. The van der Waals surface area contributed by atoms with Gasteiger partial charge in [-0.15, -0.1) is 40.2 Å². The van der Waals surface area contributed by atoms with E-state index in [0.717, 1.165) is 9.35 Å². The lowest BCUT2D eigenvalue weighted by atomic mass is 10.5. The molecule has 2 heterocycles. The van der Waals surface area contributed by atoms with Crippen LogP contribution in [0.5, 0.6) is 0 Å². The number of terminal acetylenes is 1. The van der Waals surface area contributed by atoms with Gasteiger partial charge in [0.2, 0.25) is 0 Å². The molecule has 0 unspecified atom stereocenters. The maximum absolute atomic E-state index is 5.12. The predicted molar refractivity (Wildman–Crippen MR) is 148 cm³/mol. The third kappa shape index (κ3) is 18.3. The van der Waals surface area contributed by atoms with Gasteiger partial charge in [0.05, 0.1) is 7.76 Å². The van der Waals surface area contributed by atoms with E-state index < -0.39 is 16.1 Å². The van der Waals surface area contributed by atoms with Crippen LogP contribution >= 0.6 is 77.1 Å². The number of thiophene rings is 2. The van der Waals surface area contributed by atoms with Crippen molar-refractivity contribution >= 4 is 93.3 Å². The van der Waals surface area contributed by atoms with Crippen LogP contribution in [0.15, 0.2) is 31.8 Å². The highest BCUT2D eigenvalue weighted by Gasteiger charge is 2.08. The van der Waals surface area contributed by atoms with E-state index in [4.69, 9.17) is 6.42 Å². The maximum atomic E-state index is 5.12. The Morgan fingerprint density at radius 1 is 0.926 bits per heavy atom. The molecule has 0 fully saturated rings. The molecule has 0 aliphatic rings. The van der Waals surface area contributed by atoms with Crippen molar-refractivity contribution in [2.24, 2.45) is 0 Å². The molecule has 0 spiro atoms. The van der Waals surface area contributed by atoms with Gasteiger partial charge in [-0.05, 0) is 77.3 Å². The van der Waals surface area contributed by atoms with Crippen LogP contribution in [0.4, 0.5) is 4.70 Å². The minimum absolute atomic E-state index is 0. The fourth-order valence-corrected chi connectivity index (χ4v) is 4.52. The highest BCUT2D eigenvalue weighted by atomic mass is 127. The maximum Gasteiger partial charge on any atom is 0.129 e. The fraction of sp³-hybridized carbons (Fsp3) is 0.368. The molecule has 0 aliphatic carbocycles. The zero-order chi connectivity index (χ0) is 19.7. The van der Waals surface area contributed by atoms with Crippen LogP contribution in [0.25, 0.3) is 0 Å². The highest BCUT2D eigenvalue weighted by molar-refractivity contribution is 14.1. The van der Waals surface area contributed by atoms with E-state index in [2.05, 4.69) is 122 Å². The summed E-state index contributed by atoms with van der Waals surface area (Å²) < 4.78 is 3.65. The lowest BCUT2D eigenvalue weighted by molar-refractivity contribution is 1.11. The van der Waals surface area contributed by atoms with Crippen molar-refractivity contribution in [1.29, 1.82) is 0 Å². The third-order valence-corrected chi connectivity index (χ3v) is 9.38. The summed E-state index contributed by atoms with van der Waals surface area (Å²) in [5, 5.41) is 4.12. The second-order valence-electron chi connectivity index (χ2n) is 7.03. The van der Waals surface area contributed by atoms with E-state index in [9.17, 15) is 0 Å². The largest absolute Gasteiger partial charge is 0.269 e. The van der Waals surface area contributed by atoms with E-state index in [1.165, 1.54) is 7.36 Å². The normalized spacial score (nSPS) is 9.48. The molecule has 152 valence electrons. The molecule has 2 aromatic heterocycles. The number of hydrogen-bond acceptors (Lipinski definition) is 2. The number of hydrogen-bond donors (Lipinski definition) is 0. The average Bonchev–Trinajstić information content (AvgIpc) is 3.06. The molecular formula is C19H28Br2FIS2Si2. The van der Waals surface area contributed by atoms with Crippen molar-refractivity contribution in [1.82, 2.24) is 0 Å². The molecule has 2 rings (SSSR count). The Hall–Kier alpha value is 0.574. The Kier molecular flexibility index (Phi) is 18.4. The molecule has 0 aromatic carbocycles. The first-order valence-electron chi connectivity index (χ1n) is 7.48. The van der Waals surface area contributed by atoms with Crippen molar-refractivity contribution < 1.29 is 4.70 Å². The van der Waals surface area contributed by atoms with Gasteiger partial charge in [-0.2, -0.15) is 0 Å². The van der Waals surface area contributed by atoms with Crippen LogP contribution in [0.1, 0.15) is 12.3 Å². The fourth-order valence-electron chi connectivity index (χ4n) is 0.903. The molecule has 2 aromatic rings. The molecule has 0 amide bonds. The third-order valence-electron chi connectivity index (χ3n) is 2.17. The van der Waals surface area contributed by atoms with Gasteiger partial charge in [0, 0.05) is 8.95 Å². The minimum Gasteiger partial charge on any atom is -0.269 e. The standard InChI is InChI=1S/C9H11BrSSi.C5H10Si.C4H2BrIS.CH4.FH/c1-12(2,3)7-5-9-8(10)4-6-11-9;1-5-6(2,3)4;5-3-1-2-7-4(3)6;;/h4,6H,1-3H3;1H,2-4H3;1-2H;1H4;1H. The quantitative estimate of drug-likeness (QED) is 0.148. The summed E-state index contributed by atoms with van der Waals surface area (Å²) in [7, 11) is -2.31. The average molecular weight is 682 g/mol. The number of halogens is 4. The molecule has 27 heavy (non-hydrogen) atoms. The van der Waals surface area contributed by atoms with Gasteiger partial charge in [0.15, 0.2) is 0 Å². The Balaban J connectivity index is -0.000000333. The van der Waals surface area contributed by atoms with Crippen LogP contribution in [0.2, 0.25) is 39.3 Å². The summed E-state index contributed by atoms with van der Waals surface area (Å²) in [6, 6.07) is 4.09. The first-order chi connectivity index (χ1) is 11.4. The Morgan fingerprint density at radius 3 is 1.59 bits per heavy atom. The van der Waals surface area contributed by atoms with Gasteiger partial charge in [0.25, 0.3) is 0 Å². The van der Waals surface area contributed by atoms with Gasteiger partial charge in [-0.3, -0.25) is 4.70 Å². The van der Waals surface area contributed by atoms with E-state index in [1.807, 2.05) is 12.1 Å². The van der Waals surface area contributed by atoms with E-state index >= 15 is 0 Å². The van der Waals surface area contributed by atoms with E-state index in [-0.39, 0.29) is 12.1 Å². The summed E-state index contributed by atoms with van der Waals surface area (Å²) in [6.07, 6.45) is 5.12. The lowest BCUT2D eigenvalue weighted by Gasteiger charge is -2.02. The topological polar surface area (TPSA) is 0 Å². The van der Waals surface area contributed by atoms with Crippen molar-refractivity contribution in [2.45, 2.75) is 46.7 Å². The van der Waals surface area contributed by atoms with Gasteiger partial charge in [-0.25, -0.2) is 0 Å². The smallest absolute Gasteiger partial charge is 0.129 e. The van der Waals surface area contributed by atoms with Crippen molar-refractivity contribution in [3.05, 3.63) is 39.6 Å². The molecule has 0 nitrogen and oxygen atoms in total. The minimum atomic E-state index is -1.21. The van der Waals surface area contributed by atoms with Crippen LogP contribution < -0.4 is 0 Å². The van der Waals surface area contributed by atoms with Crippen molar-refractivity contribution in [3.8, 4) is 23.4 Å². The van der Waals surface area contributed by atoms with Crippen molar-refractivity contribution in [2.75, 3.05) is 0 Å².